The van der Waals surface area contributed by atoms with E-state index in [4.69, 9.17) is 9.47 Å². The normalized spacial score (nSPS) is 10.4. The Balaban J connectivity index is 1.75. The highest BCUT2D eigenvalue weighted by molar-refractivity contribution is 5.33. The van der Waals surface area contributed by atoms with Crippen molar-refractivity contribution in [3.05, 3.63) is 59.7 Å². The first-order valence-corrected chi connectivity index (χ1v) is 7.76. The Kier molecular flexibility index (Phi) is 6.14. The van der Waals surface area contributed by atoms with Gasteiger partial charge in [-0.1, -0.05) is 50.2 Å². The molecule has 0 saturated heterocycles. The average molecular weight is 284 g/mol. The van der Waals surface area contributed by atoms with Gasteiger partial charge in [0.05, 0.1) is 13.2 Å². The smallest absolute Gasteiger partial charge is 0.122 e. The fourth-order valence-electron chi connectivity index (χ4n) is 2.30. The number of ether oxygens (including phenoxy) is 2. The average Bonchev–Trinajstić information content (AvgIpc) is 2.55. The summed E-state index contributed by atoms with van der Waals surface area (Å²) in [7, 11) is 0. The van der Waals surface area contributed by atoms with Gasteiger partial charge in [-0.15, -0.1) is 0 Å². The molecule has 0 aliphatic carbocycles. The summed E-state index contributed by atoms with van der Waals surface area (Å²) in [4.78, 5) is 0. The van der Waals surface area contributed by atoms with Crippen molar-refractivity contribution in [3.63, 3.8) is 0 Å². The van der Waals surface area contributed by atoms with Crippen molar-refractivity contribution in [2.45, 2.75) is 33.1 Å². The third-order valence-electron chi connectivity index (χ3n) is 3.51. The molecule has 0 amide bonds. The lowest BCUT2D eigenvalue weighted by Gasteiger charge is -2.12. The molecule has 112 valence electrons. The highest BCUT2D eigenvalue weighted by atomic mass is 16.5. The van der Waals surface area contributed by atoms with Gasteiger partial charge in [0, 0.05) is 6.42 Å². The van der Waals surface area contributed by atoms with Crippen LogP contribution in [0.25, 0.3) is 0 Å². The fourth-order valence-corrected chi connectivity index (χ4v) is 2.30. The van der Waals surface area contributed by atoms with Crippen molar-refractivity contribution in [3.8, 4) is 11.5 Å². The summed E-state index contributed by atoms with van der Waals surface area (Å²) in [5, 5.41) is 0. The predicted molar refractivity (Wildman–Crippen MR) is 87.2 cm³/mol. The van der Waals surface area contributed by atoms with Crippen molar-refractivity contribution in [1.29, 1.82) is 0 Å². The molecule has 2 aromatic carbocycles. The Morgan fingerprint density at radius 1 is 0.667 bits per heavy atom. The quantitative estimate of drug-likeness (QED) is 0.656. The van der Waals surface area contributed by atoms with E-state index in [0.29, 0.717) is 13.2 Å². The molecule has 2 aromatic rings. The van der Waals surface area contributed by atoms with Crippen LogP contribution in [0.4, 0.5) is 0 Å². The first-order chi connectivity index (χ1) is 10.3. The van der Waals surface area contributed by atoms with Gasteiger partial charge in [0.1, 0.15) is 11.5 Å². The standard InChI is InChI=1S/C19H24O2/c1-3-16-10-5-7-12-18(16)20-14-9-15-21-19-13-8-6-11-17(19)4-2/h5-8,10-13H,3-4,9,14-15H2,1-2H3. The Morgan fingerprint density at radius 2 is 1.10 bits per heavy atom. The maximum atomic E-state index is 5.84. The zero-order valence-electron chi connectivity index (χ0n) is 13.0. The molecule has 21 heavy (non-hydrogen) atoms. The van der Waals surface area contributed by atoms with Crippen LogP contribution in [-0.2, 0) is 12.8 Å². The van der Waals surface area contributed by atoms with Crippen LogP contribution in [0.15, 0.2) is 48.5 Å². The largest absolute Gasteiger partial charge is 0.493 e. The highest BCUT2D eigenvalue weighted by Gasteiger charge is 2.02. The second kappa shape index (κ2) is 8.35. The monoisotopic (exact) mass is 284 g/mol. The zero-order valence-corrected chi connectivity index (χ0v) is 13.0. The van der Waals surface area contributed by atoms with Gasteiger partial charge in [-0.3, -0.25) is 0 Å². The van der Waals surface area contributed by atoms with Gasteiger partial charge in [-0.25, -0.2) is 0 Å². The number of aryl methyl sites for hydroxylation is 2. The van der Waals surface area contributed by atoms with Gasteiger partial charge >= 0.3 is 0 Å². The minimum absolute atomic E-state index is 0.686. The van der Waals surface area contributed by atoms with E-state index in [9.17, 15) is 0 Å². The Morgan fingerprint density at radius 3 is 1.52 bits per heavy atom. The van der Waals surface area contributed by atoms with E-state index < -0.39 is 0 Å². The van der Waals surface area contributed by atoms with Crippen LogP contribution >= 0.6 is 0 Å². The van der Waals surface area contributed by atoms with E-state index >= 15 is 0 Å². The highest BCUT2D eigenvalue weighted by Crippen LogP contribution is 2.20. The predicted octanol–water partition coefficient (Wildman–Crippen LogP) is 4.66. The lowest BCUT2D eigenvalue weighted by atomic mass is 10.1. The van der Waals surface area contributed by atoms with Crippen molar-refractivity contribution < 1.29 is 9.47 Å². The molecular weight excluding hydrogens is 260 g/mol. The maximum Gasteiger partial charge on any atom is 0.122 e. The second-order valence-electron chi connectivity index (χ2n) is 4.97. The van der Waals surface area contributed by atoms with E-state index in [-0.39, 0.29) is 0 Å². The van der Waals surface area contributed by atoms with Crippen molar-refractivity contribution in [2.75, 3.05) is 13.2 Å². The summed E-state index contributed by atoms with van der Waals surface area (Å²) in [6.45, 7) is 5.66. The molecule has 0 spiro atoms. The lowest BCUT2D eigenvalue weighted by molar-refractivity contribution is 0.245. The topological polar surface area (TPSA) is 18.5 Å². The van der Waals surface area contributed by atoms with Crippen LogP contribution in [0.2, 0.25) is 0 Å². The number of hydrogen-bond acceptors (Lipinski definition) is 2. The van der Waals surface area contributed by atoms with Crippen LogP contribution < -0.4 is 9.47 Å². The van der Waals surface area contributed by atoms with Crippen molar-refractivity contribution in [2.24, 2.45) is 0 Å². The molecule has 0 fully saturated rings. The van der Waals surface area contributed by atoms with E-state index in [1.54, 1.807) is 0 Å². The molecule has 0 atom stereocenters. The second-order valence-corrected chi connectivity index (χ2v) is 4.97. The molecule has 2 rings (SSSR count). The summed E-state index contributed by atoms with van der Waals surface area (Å²) in [5.41, 5.74) is 2.52. The van der Waals surface area contributed by atoms with E-state index in [1.807, 2.05) is 24.3 Å². The number of rotatable bonds is 8. The van der Waals surface area contributed by atoms with Gasteiger partial charge in [0.25, 0.3) is 0 Å². The van der Waals surface area contributed by atoms with Crippen LogP contribution in [0.1, 0.15) is 31.4 Å². The molecule has 2 heteroatoms. The number of hydrogen-bond donors (Lipinski definition) is 0. The van der Waals surface area contributed by atoms with E-state index in [1.165, 1.54) is 11.1 Å². The van der Waals surface area contributed by atoms with E-state index in [0.717, 1.165) is 30.8 Å². The Hall–Kier alpha value is -1.96. The summed E-state index contributed by atoms with van der Waals surface area (Å²) >= 11 is 0. The molecule has 0 unspecified atom stereocenters. The first kappa shape index (κ1) is 15.4. The molecular formula is C19H24O2. The summed E-state index contributed by atoms with van der Waals surface area (Å²) in [6, 6.07) is 16.4. The third-order valence-corrected chi connectivity index (χ3v) is 3.51. The molecule has 0 heterocycles. The zero-order chi connectivity index (χ0) is 14.9. The Labute approximate surface area is 127 Å². The molecule has 0 radical (unpaired) electrons. The molecule has 0 bridgehead atoms. The van der Waals surface area contributed by atoms with Crippen molar-refractivity contribution >= 4 is 0 Å². The van der Waals surface area contributed by atoms with Crippen LogP contribution in [0, 0.1) is 0 Å². The maximum absolute atomic E-state index is 5.84. The fraction of sp³-hybridized carbons (Fsp3) is 0.368. The summed E-state index contributed by atoms with van der Waals surface area (Å²) in [5.74, 6) is 1.99. The third kappa shape index (κ3) is 4.52. The Bertz CT molecular complexity index is 499. The number of para-hydroxylation sites is 2. The van der Waals surface area contributed by atoms with Gasteiger partial charge in [0.15, 0.2) is 0 Å². The summed E-state index contributed by atoms with van der Waals surface area (Å²) < 4.78 is 11.7. The molecule has 0 aliphatic rings. The molecule has 0 aromatic heterocycles. The van der Waals surface area contributed by atoms with Gasteiger partial charge in [-0.2, -0.15) is 0 Å². The molecule has 0 aliphatic heterocycles. The van der Waals surface area contributed by atoms with E-state index in [2.05, 4.69) is 38.1 Å². The minimum atomic E-state index is 0.686. The first-order valence-electron chi connectivity index (χ1n) is 7.76. The van der Waals surface area contributed by atoms with Crippen LogP contribution in [-0.4, -0.2) is 13.2 Å². The molecule has 0 saturated carbocycles. The minimum Gasteiger partial charge on any atom is -0.493 e. The van der Waals surface area contributed by atoms with Gasteiger partial charge in [0.2, 0.25) is 0 Å². The van der Waals surface area contributed by atoms with Gasteiger partial charge in [-0.05, 0) is 36.1 Å². The lowest BCUT2D eigenvalue weighted by Crippen LogP contribution is -2.06. The van der Waals surface area contributed by atoms with Crippen LogP contribution in [0.5, 0.6) is 11.5 Å². The number of benzene rings is 2. The van der Waals surface area contributed by atoms with Gasteiger partial charge < -0.3 is 9.47 Å². The molecule has 0 N–H and O–H groups in total. The molecule has 2 nitrogen and oxygen atoms in total. The van der Waals surface area contributed by atoms with Crippen molar-refractivity contribution in [1.82, 2.24) is 0 Å². The summed E-state index contributed by atoms with van der Waals surface area (Å²) in [6.07, 6.45) is 2.88. The SMILES string of the molecule is CCc1ccccc1OCCCOc1ccccc1CC. The van der Waals surface area contributed by atoms with Crippen LogP contribution in [0.3, 0.4) is 0 Å².